The molecule has 3 rings (SSSR count). The molecule has 1 heterocycles. The molecule has 2 aromatic rings. The van der Waals surface area contributed by atoms with Gasteiger partial charge in [-0.1, -0.05) is 30.3 Å². The van der Waals surface area contributed by atoms with Crippen molar-refractivity contribution < 1.29 is 9.90 Å². The summed E-state index contributed by atoms with van der Waals surface area (Å²) in [6.07, 6.45) is 0.968. The molecule has 1 aliphatic rings. The molecular formula is C17H17NO2S. The van der Waals surface area contributed by atoms with Gasteiger partial charge < -0.3 is 14.8 Å². The minimum Gasteiger partial charge on any atom is -0.508 e. The number of anilines is 1. The zero-order valence-corrected chi connectivity index (χ0v) is 12.8. The van der Waals surface area contributed by atoms with Gasteiger partial charge in [-0.05, 0) is 25.1 Å². The van der Waals surface area contributed by atoms with E-state index in [1.54, 1.807) is 23.9 Å². The van der Waals surface area contributed by atoms with Crippen molar-refractivity contribution in [3.63, 3.8) is 0 Å². The highest BCUT2D eigenvalue weighted by molar-refractivity contribution is 8.00. The topological polar surface area (TPSA) is 40.5 Å². The van der Waals surface area contributed by atoms with Gasteiger partial charge in [-0.15, -0.1) is 11.8 Å². The molecule has 108 valence electrons. The van der Waals surface area contributed by atoms with Gasteiger partial charge in [-0.2, -0.15) is 0 Å². The number of carbonyl (C=O) groups excluding carboxylic acids is 1. The Hall–Kier alpha value is -1.94. The summed E-state index contributed by atoms with van der Waals surface area (Å²) in [7, 11) is 1.93. The van der Waals surface area contributed by atoms with Crippen molar-refractivity contribution in [2.45, 2.75) is 22.6 Å². The normalized spacial score (nSPS) is 24.5. The fourth-order valence-electron chi connectivity index (χ4n) is 2.97. The van der Waals surface area contributed by atoms with Crippen LogP contribution >= 0.6 is 11.8 Å². The summed E-state index contributed by atoms with van der Waals surface area (Å²) in [5.41, 5.74) is 1.83. The van der Waals surface area contributed by atoms with Gasteiger partial charge in [0.15, 0.2) is 0 Å². The second-order valence-corrected chi connectivity index (χ2v) is 6.88. The van der Waals surface area contributed by atoms with Gasteiger partial charge in [0.2, 0.25) is 0 Å². The Morgan fingerprint density at radius 3 is 2.57 bits per heavy atom. The minimum atomic E-state index is -0.532. The number of rotatable bonds is 2. The monoisotopic (exact) mass is 299 g/mol. The Morgan fingerprint density at radius 2 is 1.86 bits per heavy atom. The summed E-state index contributed by atoms with van der Waals surface area (Å²) in [6, 6.07) is 14.9. The fourth-order valence-corrected chi connectivity index (χ4v) is 4.51. The molecule has 2 unspecified atom stereocenters. The predicted octanol–water partition coefficient (Wildman–Crippen LogP) is 3.42. The molecule has 0 saturated carbocycles. The van der Waals surface area contributed by atoms with Crippen LogP contribution < -0.4 is 4.90 Å². The third kappa shape index (κ3) is 2.10. The van der Waals surface area contributed by atoms with Crippen LogP contribution in [-0.2, 0) is 9.54 Å². The number of nitrogens with zero attached hydrogens (tertiary/aromatic N) is 1. The van der Waals surface area contributed by atoms with Crippen molar-refractivity contribution in [3.8, 4) is 5.75 Å². The lowest BCUT2D eigenvalue weighted by molar-refractivity contribution is -0.109. The number of thioether (sulfide) groups is 1. The Morgan fingerprint density at radius 1 is 1.19 bits per heavy atom. The van der Waals surface area contributed by atoms with Gasteiger partial charge in [0.05, 0.1) is 10.4 Å². The van der Waals surface area contributed by atoms with Gasteiger partial charge in [0.1, 0.15) is 18.1 Å². The second kappa shape index (κ2) is 5.11. The van der Waals surface area contributed by atoms with E-state index in [2.05, 4.69) is 6.07 Å². The maximum Gasteiger partial charge on any atom is 0.144 e. The van der Waals surface area contributed by atoms with E-state index in [4.69, 9.17) is 0 Å². The Bertz CT molecular complexity index is 688. The van der Waals surface area contributed by atoms with Crippen molar-refractivity contribution in [3.05, 3.63) is 54.1 Å². The third-order valence-corrected chi connectivity index (χ3v) is 5.57. The molecule has 1 N–H and O–H groups in total. The van der Waals surface area contributed by atoms with Gasteiger partial charge in [-0.25, -0.2) is 0 Å². The third-order valence-electron chi connectivity index (χ3n) is 4.12. The quantitative estimate of drug-likeness (QED) is 0.863. The number of para-hydroxylation sites is 2. The van der Waals surface area contributed by atoms with E-state index in [0.29, 0.717) is 0 Å². The van der Waals surface area contributed by atoms with Gasteiger partial charge >= 0.3 is 0 Å². The average molecular weight is 299 g/mol. The van der Waals surface area contributed by atoms with E-state index >= 15 is 0 Å². The number of carbonyl (C=O) groups is 1. The summed E-state index contributed by atoms with van der Waals surface area (Å²) in [6.45, 7) is 2.01. The number of phenolic OH excluding ortho intramolecular Hbond substituents is 1. The standard InChI is InChI=1S/C17H17NO2S/c1-17(12-7-3-5-9-14(12)20)16(11-19)18(2)13-8-4-6-10-15(13)21-17/h3-11,16,20H,1-2H3. The van der Waals surface area contributed by atoms with Crippen molar-refractivity contribution in [2.75, 3.05) is 11.9 Å². The number of likely N-dealkylation sites (N-methyl/N-ethyl adjacent to an activating group) is 1. The van der Waals surface area contributed by atoms with E-state index in [0.717, 1.165) is 22.4 Å². The number of aldehydes is 1. The maximum atomic E-state index is 11.7. The van der Waals surface area contributed by atoms with Crippen molar-refractivity contribution in [2.24, 2.45) is 0 Å². The molecule has 0 fully saturated rings. The maximum absolute atomic E-state index is 11.7. The highest BCUT2D eigenvalue weighted by atomic mass is 32.2. The van der Waals surface area contributed by atoms with E-state index in [1.165, 1.54) is 0 Å². The van der Waals surface area contributed by atoms with Gasteiger partial charge in [0, 0.05) is 17.5 Å². The first-order valence-electron chi connectivity index (χ1n) is 6.82. The zero-order valence-electron chi connectivity index (χ0n) is 12.0. The van der Waals surface area contributed by atoms with E-state index in [1.807, 2.05) is 49.2 Å². The van der Waals surface area contributed by atoms with Crippen LogP contribution in [0.1, 0.15) is 12.5 Å². The molecule has 2 atom stereocenters. The first kappa shape index (κ1) is 14.0. The molecule has 4 heteroatoms. The largest absolute Gasteiger partial charge is 0.508 e. The van der Waals surface area contributed by atoms with Crippen LogP contribution in [0.4, 0.5) is 5.69 Å². The van der Waals surface area contributed by atoms with Crippen LogP contribution in [-0.4, -0.2) is 24.5 Å². The number of fused-ring (bicyclic) bond motifs is 1. The highest BCUT2D eigenvalue weighted by Gasteiger charge is 2.45. The molecule has 0 saturated heterocycles. The molecule has 0 aromatic heterocycles. The SMILES string of the molecule is CN1c2ccccc2SC(C)(c2ccccc2O)C1C=O. The molecule has 1 aliphatic heterocycles. The average Bonchev–Trinajstić information content (AvgIpc) is 2.48. The summed E-state index contributed by atoms with van der Waals surface area (Å²) < 4.78 is -0.532. The Balaban J connectivity index is 2.18. The van der Waals surface area contributed by atoms with Crippen LogP contribution in [0.3, 0.4) is 0 Å². The zero-order chi connectivity index (χ0) is 15.0. The van der Waals surface area contributed by atoms with E-state index in [-0.39, 0.29) is 11.8 Å². The lowest BCUT2D eigenvalue weighted by atomic mass is 9.90. The number of hydrogen-bond donors (Lipinski definition) is 1. The van der Waals surface area contributed by atoms with Crippen molar-refractivity contribution in [1.29, 1.82) is 0 Å². The van der Waals surface area contributed by atoms with Crippen LogP contribution in [0.5, 0.6) is 5.75 Å². The molecule has 3 nitrogen and oxygen atoms in total. The second-order valence-electron chi connectivity index (χ2n) is 5.39. The highest BCUT2D eigenvalue weighted by Crippen LogP contribution is 2.53. The first-order chi connectivity index (χ1) is 10.1. The lowest BCUT2D eigenvalue weighted by Gasteiger charge is -2.45. The number of phenols is 1. The van der Waals surface area contributed by atoms with Crippen LogP contribution in [0, 0.1) is 0 Å². The van der Waals surface area contributed by atoms with E-state index in [9.17, 15) is 9.90 Å². The van der Waals surface area contributed by atoms with Gasteiger partial charge in [0.25, 0.3) is 0 Å². The molecule has 21 heavy (non-hydrogen) atoms. The summed E-state index contributed by atoms with van der Waals surface area (Å²) in [5, 5.41) is 10.2. The number of benzene rings is 2. The fraction of sp³-hybridized carbons (Fsp3) is 0.235. The summed E-state index contributed by atoms with van der Waals surface area (Å²) in [4.78, 5) is 14.8. The van der Waals surface area contributed by atoms with Crippen LogP contribution in [0.15, 0.2) is 53.4 Å². The molecule has 0 amide bonds. The molecule has 0 spiro atoms. The predicted molar refractivity (Wildman–Crippen MR) is 86.0 cm³/mol. The first-order valence-corrected chi connectivity index (χ1v) is 7.64. The van der Waals surface area contributed by atoms with Gasteiger partial charge in [-0.3, -0.25) is 0 Å². The molecular weight excluding hydrogens is 282 g/mol. The number of hydrogen-bond acceptors (Lipinski definition) is 4. The smallest absolute Gasteiger partial charge is 0.144 e. The van der Waals surface area contributed by atoms with Crippen molar-refractivity contribution in [1.82, 2.24) is 0 Å². The molecule has 2 aromatic carbocycles. The Kier molecular flexibility index (Phi) is 3.41. The molecule has 0 radical (unpaired) electrons. The molecule has 0 bridgehead atoms. The lowest BCUT2D eigenvalue weighted by Crippen LogP contribution is -2.49. The minimum absolute atomic E-state index is 0.229. The summed E-state index contributed by atoms with van der Waals surface area (Å²) >= 11 is 1.63. The number of aromatic hydroxyl groups is 1. The van der Waals surface area contributed by atoms with Crippen molar-refractivity contribution >= 4 is 23.7 Å². The molecule has 0 aliphatic carbocycles. The summed E-state index contributed by atoms with van der Waals surface area (Å²) in [5.74, 6) is 0.229. The Labute approximate surface area is 128 Å². The van der Waals surface area contributed by atoms with E-state index < -0.39 is 4.75 Å². The van der Waals surface area contributed by atoms with Crippen LogP contribution in [0.2, 0.25) is 0 Å². The van der Waals surface area contributed by atoms with Crippen LogP contribution in [0.25, 0.3) is 0 Å².